The maximum Gasteiger partial charge on any atom is 0.248 e. The highest BCUT2D eigenvalue weighted by molar-refractivity contribution is 6.05. The average molecular weight is 465 g/mol. The predicted octanol–water partition coefficient (Wildman–Crippen LogP) is 6.71. The molecule has 1 amide bonds. The third-order valence-corrected chi connectivity index (χ3v) is 5.61. The van der Waals surface area contributed by atoms with E-state index in [-0.39, 0.29) is 5.91 Å². The molecule has 1 heterocycles. The minimum absolute atomic E-state index is 0.271. The zero-order valence-corrected chi connectivity index (χ0v) is 19.4. The summed E-state index contributed by atoms with van der Waals surface area (Å²) in [6.45, 7) is 2.46. The number of amides is 1. The molecule has 0 aliphatic carbocycles. The summed E-state index contributed by atoms with van der Waals surface area (Å²) in [6.07, 6.45) is 3.20. The Morgan fingerprint density at radius 2 is 1.83 bits per heavy atom. The van der Waals surface area contributed by atoms with Crippen molar-refractivity contribution in [2.75, 3.05) is 19.0 Å². The number of oxazole rings is 1. The molecule has 0 aliphatic rings. The Morgan fingerprint density at radius 3 is 2.69 bits per heavy atom. The van der Waals surface area contributed by atoms with Gasteiger partial charge >= 0.3 is 0 Å². The number of ether oxygens (including phenoxy) is 2. The first kappa shape index (κ1) is 22.2. The summed E-state index contributed by atoms with van der Waals surface area (Å²) in [7, 11) is 1.59. The van der Waals surface area contributed by atoms with E-state index in [0.29, 0.717) is 35.2 Å². The number of nitrogens with zero attached hydrogens (tertiary/aromatic N) is 1. The molecule has 5 rings (SSSR count). The summed E-state index contributed by atoms with van der Waals surface area (Å²) in [5, 5.41) is 5.02. The van der Waals surface area contributed by atoms with Gasteiger partial charge in [0, 0.05) is 11.5 Å². The van der Waals surface area contributed by atoms with Crippen LogP contribution in [0.5, 0.6) is 11.5 Å². The summed E-state index contributed by atoms with van der Waals surface area (Å²) in [4.78, 5) is 17.4. The van der Waals surface area contributed by atoms with E-state index in [2.05, 4.69) is 10.3 Å². The molecular weight excluding hydrogens is 440 g/mol. The van der Waals surface area contributed by atoms with Gasteiger partial charge in [-0.2, -0.15) is 0 Å². The van der Waals surface area contributed by atoms with E-state index in [1.54, 1.807) is 13.2 Å². The fourth-order valence-electron chi connectivity index (χ4n) is 3.96. The molecule has 0 aliphatic heterocycles. The highest BCUT2D eigenvalue weighted by atomic mass is 16.5. The number of nitrogens with one attached hydrogen (secondary N) is 1. The molecule has 1 N–H and O–H groups in total. The third kappa shape index (κ3) is 4.59. The van der Waals surface area contributed by atoms with Gasteiger partial charge in [0.05, 0.1) is 25.0 Å². The van der Waals surface area contributed by atoms with Gasteiger partial charge in [-0.15, -0.1) is 0 Å². The number of benzene rings is 4. The number of hydrogen-bond acceptors (Lipinski definition) is 5. The molecule has 1 aromatic heterocycles. The Balaban J connectivity index is 1.40. The van der Waals surface area contributed by atoms with Crippen LogP contribution in [0.4, 0.5) is 5.69 Å². The number of carbonyl (C=O) groups is 1. The lowest BCUT2D eigenvalue weighted by Gasteiger charge is -2.09. The Labute approximate surface area is 202 Å². The van der Waals surface area contributed by atoms with Crippen LogP contribution in [-0.2, 0) is 4.79 Å². The molecule has 6 nitrogen and oxygen atoms in total. The van der Waals surface area contributed by atoms with Crippen LogP contribution in [0.1, 0.15) is 12.5 Å². The van der Waals surface area contributed by atoms with Gasteiger partial charge in [-0.05, 0) is 54.3 Å². The maximum atomic E-state index is 12.7. The fourth-order valence-corrected chi connectivity index (χ4v) is 3.96. The van der Waals surface area contributed by atoms with E-state index < -0.39 is 0 Å². The Hall–Kier alpha value is -4.58. The van der Waals surface area contributed by atoms with Crippen LogP contribution in [0.2, 0.25) is 0 Å². The largest absolute Gasteiger partial charge is 0.493 e. The Morgan fingerprint density at radius 1 is 1.00 bits per heavy atom. The monoisotopic (exact) mass is 464 g/mol. The SMILES string of the molecule is CCOc1ccc(C=CC(=O)Nc2ccccc2-c2nc3ccc4ccccc4c3o2)cc1OC. The maximum absolute atomic E-state index is 12.7. The van der Waals surface area contributed by atoms with Gasteiger partial charge in [0.15, 0.2) is 17.1 Å². The molecule has 0 fully saturated rings. The smallest absolute Gasteiger partial charge is 0.248 e. The lowest BCUT2D eigenvalue weighted by atomic mass is 10.1. The highest BCUT2D eigenvalue weighted by Crippen LogP contribution is 2.33. The van der Waals surface area contributed by atoms with Crippen molar-refractivity contribution in [3.8, 4) is 23.0 Å². The number of para-hydroxylation sites is 1. The van der Waals surface area contributed by atoms with Crippen LogP contribution in [0.15, 0.2) is 89.4 Å². The second-order valence-electron chi connectivity index (χ2n) is 7.87. The molecule has 0 unspecified atom stereocenters. The molecule has 0 atom stereocenters. The Kier molecular flexibility index (Phi) is 6.18. The first-order valence-electron chi connectivity index (χ1n) is 11.3. The quantitative estimate of drug-likeness (QED) is 0.271. The van der Waals surface area contributed by atoms with E-state index in [0.717, 1.165) is 27.4 Å². The van der Waals surface area contributed by atoms with Crippen molar-refractivity contribution in [3.05, 3.63) is 90.5 Å². The minimum atomic E-state index is -0.271. The summed E-state index contributed by atoms with van der Waals surface area (Å²) in [5.41, 5.74) is 3.63. The fraction of sp³-hybridized carbons (Fsp3) is 0.103. The lowest BCUT2D eigenvalue weighted by molar-refractivity contribution is -0.111. The van der Waals surface area contributed by atoms with Crippen molar-refractivity contribution in [2.45, 2.75) is 6.92 Å². The number of carbonyl (C=O) groups excluding carboxylic acids is 1. The second kappa shape index (κ2) is 9.73. The zero-order valence-electron chi connectivity index (χ0n) is 19.4. The van der Waals surface area contributed by atoms with Crippen molar-refractivity contribution >= 4 is 39.5 Å². The topological polar surface area (TPSA) is 73.6 Å². The van der Waals surface area contributed by atoms with Crippen LogP contribution in [-0.4, -0.2) is 24.6 Å². The lowest BCUT2D eigenvalue weighted by Crippen LogP contribution is -2.08. The number of fused-ring (bicyclic) bond motifs is 3. The van der Waals surface area contributed by atoms with Gasteiger partial charge in [-0.3, -0.25) is 4.79 Å². The van der Waals surface area contributed by atoms with Crippen molar-refractivity contribution in [1.82, 2.24) is 4.98 Å². The van der Waals surface area contributed by atoms with Crippen LogP contribution in [0.3, 0.4) is 0 Å². The molecular formula is C29H24N2O4. The molecule has 174 valence electrons. The normalized spacial score (nSPS) is 11.3. The summed E-state index contributed by atoms with van der Waals surface area (Å²) in [6, 6.07) is 25.0. The van der Waals surface area contributed by atoms with Crippen LogP contribution in [0.25, 0.3) is 39.4 Å². The van der Waals surface area contributed by atoms with Gasteiger partial charge in [-0.25, -0.2) is 4.98 Å². The highest BCUT2D eigenvalue weighted by Gasteiger charge is 2.15. The van der Waals surface area contributed by atoms with Crippen LogP contribution in [0, 0.1) is 0 Å². The molecule has 0 saturated carbocycles. The molecule has 6 heteroatoms. The Bertz CT molecular complexity index is 1550. The average Bonchev–Trinajstić information content (AvgIpc) is 3.33. The molecule has 0 saturated heterocycles. The van der Waals surface area contributed by atoms with Crippen molar-refractivity contribution < 1.29 is 18.7 Å². The van der Waals surface area contributed by atoms with Gasteiger partial charge in [0.2, 0.25) is 11.8 Å². The van der Waals surface area contributed by atoms with E-state index in [1.165, 1.54) is 6.08 Å². The van der Waals surface area contributed by atoms with Gasteiger partial charge in [0.25, 0.3) is 0 Å². The van der Waals surface area contributed by atoms with E-state index in [4.69, 9.17) is 13.9 Å². The standard InChI is InChI=1S/C29H24N2O4/c1-3-34-25-16-12-19(18-26(25)33-2)13-17-27(32)30-23-11-7-6-10-22(23)29-31-24-15-14-20-8-4-5-9-21(20)28(24)35-29/h4-18H,3H2,1-2H3,(H,30,32). The zero-order chi connectivity index (χ0) is 24.2. The van der Waals surface area contributed by atoms with Crippen molar-refractivity contribution in [1.29, 1.82) is 0 Å². The van der Waals surface area contributed by atoms with Crippen LogP contribution >= 0.6 is 0 Å². The number of methoxy groups -OCH3 is 1. The van der Waals surface area contributed by atoms with Crippen molar-refractivity contribution in [2.24, 2.45) is 0 Å². The summed E-state index contributed by atoms with van der Waals surface area (Å²) >= 11 is 0. The first-order chi connectivity index (χ1) is 17.2. The summed E-state index contributed by atoms with van der Waals surface area (Å²) < 4.78 is 17.1. The van der Waals surface area contributed by atoms with E-state index >= 15 is 0 Å². The van der Waals surface area contributed by atoms with Crippen LogP contribution < -0.4 is 14.8 Å². The number of rotatable bonds is 7. The minimum Gasteiger partial charge on any atom is -0.493 e. The molecule has 0 spiro atoms. The van der Waals surface area contributed by atoms with E-state index in [1.807, 2.05) is 85.8 Å². The van der Waals surface area contributed by atoms with E-state index in [9.17, 15) is 4.79 Å². The van der Waals surface area contributed by atoms with Gasteiger partial charge in [-0.1, -0.05) is 48.5 Å². The molecule has 0 radical (unpaired) electrons. The predicted molar refractivity (Wildman–Crippen MR) is 139 cm³/mol. The van der Waals surface area contributed by atoms with Gasteiger partial charge < -0.3 is 19.2 Å². The third-order valence-electron chi connectivity index (χ3n) is 5.61. The molecule has 35 heavy (non-hydrogen) atoms. The molecule has 4 aromatic carbocycles. The van der Waals surface area contributed by atoms with Crippen molar-refractivity contribution in [3.63, 3.8) is 0 Å². The second-order valence-corrected chi connectivity index (χ2v) is 7.87. The first-order valence-corrected chi connectivity index (χ1v) is 11.3. The van der Waals surface area contributed by atoms with Gasteiger partial charge in [0.1, 0.15) is 5.52 Å². The molecule has 0 bridgehead atoms. The number of anilines is 1. The number of aromatic nitrogens is 1. The summed E-state index contributed by atoms with van der Waals surface area (Å²) in [5.74, 6) is 1.46. The molecule has 5 aromatic rings. The number of hydrogen-bond donors (Lipinski definition) is 1.